The number of nitrogens with one attached hydrogen (secondary N) is 3. The average molecular weight is 777 g/mol. The third-order valence-corrected chi connectivity index (χ3v) is 11.7. The Labute approximate surface area is 328 Å². The second kappa shape index (κ2) is 14.9. The number of fused-ring (bicyclic) bond motifs is 2. The van der Waals surface area contributed by atoms with E-state index in [1.807, 2.05) is 43.6 Å². The first-order chi connectivity index (χ1) is 27.2. The van der Waals surface area contributed by atoms with Gasteiger partial charge in [0.2, 0.25) is 11.8 Å². The Morgan fingerprint density at radius 3 is 2.41 bits per heavy atom. The van der Waals surface area contributed by atoms with E-state index in [2.05, 4.69) is 59.9 Å². The highest BCUT2D eigenvalue weighted by atomic mass is 35.5. The van der Waals surface area contributed by atoms with Crippen molar-refractivity contribution in [2.24, 2.45) is 0 Å². The van der Waals surface area contributed by atoms with Crippen LogP contribution < -0.4 is 20.9 Å². The minimum atomic E-state index is -1.00. The van der Waals surface area contributed by atoms with Crippen molar-refractivity contribution in [3.8, 4) is 11.3 Å². The SMILES string of the molecule is CNc1cc(N2CCc3c(-c4ccc(CN5CCN(Cc6ccc(C7CCC(=O)NC7=O)c(Cl)c6)CC5)cn4)cccc32)nn2c(C(=O)N[C@@H]3C[C@@H]3F)cnc12. The van der Waals surface area contributed by atoms with Crippen LogP contribution in [0.1, 0.15) is 57.9 Å². The summed E-state index contributed by atoms with van der Waals surface area (Å²) in [5.74, 6) is -0.614. The van der Waals surface area contributed by atoms with Crippen molar-refractivity contribution in [2.45, 2.75) is 56.9 Å². The zero-order chi connectivity index (χ0) is 38.5. The Balaban J connectivity index is 0.835. The molecular formula is C41H42ClFN10O3. The zero-order valence-electron chi connectivity index (χ0n) is 31.0. The molecule has 1 unspecified atom stereocenters. The lowest BCUT2D eigenvalue weighted by atomic mass is 9.90. The lowest BCUT2D eigenvalue weighted by Crippen LogP contribution is -2.45. The molecule has 4 aliphatic rings. The summed E-state index contributed by atoms with van der Waals surface area (Å²) >= 11 is 6.63. The van der Waals surface area contributed by atoms with Gasteiger partial charge < -0.3 is 15.5 Å². The number of imidazole rings is 1. The van der Waals surface area contributed by atoms with E-state index in [4.69, 9.17) is 21.7 Å². The van der Waals surface area contributed by atoms with Crippen molar-refractivity contribution in [1.29, 1.82) is 0 Å². The normalized spacial score (nSPS) is 21.3. The lowest BCUT2D eigenvalue weighted by Gasteiger charge is -2.34. The second-order valence-corrected chi connectivity index (χ2v) is 15.5. The number of alkyl halides is 1. The van der Waals surface area contributed by atoms with Crippen LogP contribution in [0.2, 0.25) is 5.02 Å². The van der Waals surface area contributed by atoms with Gasteiger partial charge in [-0.25, -0.2) is 13.9 Å². The van der Waals surface area contributed by atoms with E-state index in [-0.39, 0.29) is 17.5 Å². The maximum Gasteiger partial charge on any atom is 0.271 e. The molecule has 288 valence electrons. The molecule has 0 spiro atoms. The molecule has 3 fully saturated rings. The topological polar surface area (TPSA) is 140 Å². The first-order valence-corrected chi connectivity index (χ1v) is 19.5. The van der Waals surface area contributed by atoms with E-state index in [0.29, 0.717) is 42.3 Å². The van der Waals surface area contributed by atoms with Crippen molar-refractivity contribution >= 4 is 52.2 Å². The molecule has 6 heterocycles. The van der Waals surface area contributed by atoms with E-state index >= 15 is 0 Å². The van der Waals surface area contributed by atoms with Crippen LogP contribution >= 0.6 is 11.6 Å². The second-order valence-electron chi connectivity index (χ2n) is 15.0. The summed E-state index contributed by atoms with van der Waals surface area (Å²) < 4.78 is 15.1. The summed E-state index contributed by atoms with van der Waals surface area (Å²) in [5.41, 5.74) is 8.78. The molecule has 0 radical (unpaired) electrons. The highest BCUT2D eigenvalue weighted by Gasteiger charge is 2.39. The molecule has 3 aromatic heterocycles. The summed E-state index contributed by atoms with van der Waals surface area (Å²) in [4.78, 5) is 53.3. The van der Waals surface area contributed by atoms with E-state index in [1.165, 1.54) is 16.3 Å². The molecule has 2 saturated heterocycles. The predicted molar refractivity (Wildman–Crippen MR) is 211 cm³/mol. The van der Waals surface area contributed by atoms with Gasteiger partial charge in [-0.1, -0.05) is 41.9 Å². The molecule has 3 aliphatic heterocycles. The van der Waals surface area contributed by atoms with Crippen molar-refractivity contribution in [3.63, 3.8) is 0 Å². The maximum absolute atomic E-state index is 13.5. The summed E-state index contributed by atoms with van der Waals surface area (Å²) in [6.07, 6.45) is 4.40. The number of halogens is 2. The smallest absolute Gasteiger partial charge is 0.271 e. The van der Waals surface area contributed by atoms with Gasteiger partial charge in [-0.3, -0.25) is 34.5 Å². The van der Waals surface area contributed by atoms with Crippen LogP contribution in [0.4, 0.5) is 21.6 Å². The van der Waals surface area contributed by atoms with Crippen LogP contribution in [0, 0.1) is 0 Å². The number of pyridine rings is 1. The maximum atomic E-state index is 13.5. The third kappa shape index (κ3) is 7.08. The van der Waals surface area contributed by atoms with Crippen molar-refractivity contribution < 1.29 is 18.8 Å². The molecule has 2 aromatic carbocycles. The molecule has 1 aliphatic carbocycles. The summed E-state index contributed by atoms with van der Waals surface area (Å²) in [6.45, 7) is 6.04. The average Bonchev–Trinajstić information content (AvgIpc) is 3.52. The highest BCUT2D eigenvalue weighted by molar-refractivity contribution is 6.31. The predicted octanol–water partition coefficient (Wildman–Crippen LogP) is 4.86. The van der Waals surface area contributed by atoms with Crippen molar-refractivity contribution in [2.75, 3.05) is 50.0 Å². The van der Waals surface area contributed by atoms with E-state index in [9.17, 15) is 18.8 Å². The standard InChI is InChI=1S/C41H42ClFN10O3/c1-44-34-19-37(49-53-36(21-46-39(34)53)41(56)47-33-18-31(33)43)52-12-11-28-27(3-2-4-35(28)52)32-9-6-25(20-45-32)23-51-15-13-50(14-16-51)22-24-5-7-26(30(42)17-24)29-8-10-38(54)48-40(29)55/h2-7,9,17,19-21,29,31,33,44H,8,10-16,18,22-23H2,1H3,(H,47,56)(H,48,54,55)/t29?,31-,33+/m0/s1. The molecule has 1 saturated carbocycles. The number of anilines is 3. The van der Waals surface area contributed by atoms with Gasteiger partial charge in [0.25, 0.3) is 5.91 Å². The number of hydrogen-bond donors (Lipinski definition) is 3. The zero-order valence-corrected chi connectivity index (χ0v) is 31.7. The quantitative estimate of drug-likeness (QED) is 0.169. The molecule has 15 heteroatoms. The number of imide groups is 1. The third-order valence-electron chi connectivity index (χ3n) is 11.3. The molecule has 56 heavy (non-hydrogen) atoms. The number of aromatic nitrogens is 4. The van der Waals surface area contributed by atoms with Crippen molar-refractivity contribution in [1.82, 2.24) is 40.0 Å². The molecule has 5 aromatic rings. The minimum absolute atomic E-state index is 0.229. The first-order valence-electron chi connectivity index (χ1n) is 19.2. The number of benzene rings is 2. The van der Waals surface area contributed by atoms with Crippen LogP contribution in [0.15, 0.2) is 67.0 Å². The van der Waals surface area contributed by atoms with Gasteiger partial charge >= 0.3 is 0 Å². The Morgan fingerprint density at radius 2 is 1.71 bits per heavy atom. The molecule has 0 bridgehead atoms. The number of amides is 3. The van der Waals surface area contributed by atoms with E-state index in [0.717, 1.165) is 85.0 Å². The van der Waals surface area contributed by atoms with Crippen molar-refractivity contribution in [3.05, 3.63) is 100.0 Å². The largest absolute Gasteiger partial charge is 0.385 e. The van der Waals surface area contributed by atoms with Gasteiger partial charge in [-0.15, -0.1) is 5.10 Å². The number of rotatable bonds is 10. The van der Waals surface area contributed by atoms with Crippen LogP contribution in [0.3, 0.4) is 0 Å². The molecular weight excluding hydrogens is 735 g/mol. The van der Waals surface area contributed by atoms with E-state index < -0.39 is 24.0 Å². The minimum Gasteiger partial charge on any atom is -0.385 e. The van der Waals surface area contributed by atoms with Gasteiger partial charge in [0.05, 0.1) is 29.5 Å². The number of hydrogen-bond acceptors (Lipinski definition) is 10. The molecule has 13 nitrogen and oxygen atoms in total. The van der Waals surface area contributed by atoms with Crippen LogP contribution in [-0.2, 0) is 29.1 Å². The van der Waals surface area contributed by atoms with Gasteiger partial charge in [-0.2, -0.15) is 0 Å². The Kier molecular flexibility index (Phi) is 9.64. The van der Waals surface area contributed by atoms with Gasteiger partial charge in [0, 0.05) is 94.2 Å². The van der Waals surface area contributed by atoms with Crippen LogP contribution in [0.25, 0.3) is 16.9 Å². The summed E-state index contributed by atoms with van der Waals surface area (Å²) in [7, 11) is 1.81. The fourth-order valence-corrected chi connectivity index (χ4v) is 8.47. The van der Waals surface area contributed by atoms with E-state index in [1.54, 1.807) is 0 Å². The Hall–Kier alpha value is -5.44. The molecule has 3 N–H and O–H groups in total. The summed E-state index contributed by atoms with van der Waals surface area (Å²) in [5, 5.41) is 13.8. The number of piperidine rings is 1. The van der Waals surface area contributed by atoms with Crippen LogP contribution in [-0.4, -0.2) is 99.1 Å². The fraction of sp³-hybridized carbons (Fsp3) is 0.366. The number of carbonyl (C=O) groups excluding carboxylic acids is 3. The fourth-order valence-electron chi connectivity index (χ4n) is 8.14. The Bertz CT molecular complexity index is 2340. The van der Waals surface area contributed by atoms with Gasteiger partial charge in [0.15, 0.2) is 17.2 Å². The molecule has 9 rings (SSSR count). The molecule has 3 amide bonds. The number of piperazine rings is 1. The monoisotopic (exact) mass is 776 g/mol. The highest BCUT2D eigenvalue weighted by Crippen LogP contribution is 2.40. The van der Waals surface area contributed by atoms with Gasteiger partial charge in [0.1, 0.15) is 6.17 Å². The summed E-state index contributed by atoms with van der Waals surface area (Å²) in [6, 6.07) is 17.9. The number of carbonyl (C=O) groups is 3. The molecule has 3 atom stereocenters. The van der Waals surface area contributed by atoms with Gasteiger partial charge in [-0.05, 0) is 53.3 Å². The number of nitrogens with zero attached hydrogens (tertiary/aromatic N) is 7. The first kappa shape index (κ1) is 36.2. The van der Waals surface area contributed by atoms with Crippen LogP contribution in [0.5, 0.6) is 0 Å². The lowest BCUT2D eigenvalue weighted by molar-refractivity contribution is -0.134. The Morgan fingerprint density at radius 1 is 0.946 bits per heavy atom.